The van der Waals surface area contributed by atoms with Crippen LogP contribution in [0.1, 0.15) is 30.9 Å². The van der Waals surface area contributed by atoms with Crippen LogP contribution in [-0.4, -0.2) is 38.3 Å². The molecule has 1 fully saturated rings. The molecular weight excluding hydrogens is 412 g/mol. The standard InChI is InChI=1S/C21H23ClN2O4S/c22-16-5-7-17(8-6-16)29(26,27)24-12-9-15(10-13-24)21(25)23-19-11-14-28-20-4-2-1-3-18(19)20/h1-8,15,19H,9-14H2,(H,23,25). The molecule has 4 rings (SSSR count). The highest BCUT2D eigenvalue weighted by atomic mass is 35.5. The molecule has 6 nitrogen and oxygen atoms in total. The lowest BCUT2D eigenvalue weighted by Gasteiger charge is -2.32. The van der Waals surface area contributed by atoms with Gasteiger partial charge in [0.15, 0.2) is 0 Å². The Labute approximate surface area is 175 Å². The van der Waals surface area contributed by atoms with Crippen molar-refractivity contribution in [3.8, 4) is 5.75 Å². The number of nitrogens with zero attached hydrogens (tertiary/aromatic N) is 1. The summed E-state index contributed by atoms with van der Waals surface area (Å²) in [5.41, 5.74) is 0.995. The monoisotopic (exact) mass is 434 g/mol. The molecule has 2 aromatic rings. The second-order valence-electron chi connectivity index (χ2n) is 7.37. The zero-order valence-corrected chi connectivity index (χ0v) is 17.5. The van der Waals surface area contributed by atoms with Crippen LogP contribution in [0.25, 0.3) is 0 Å². The summed E-state index contributed by atoms with van der Waals surface area (Å²) in [5, 5.41) is 3.63. The lowest BCUT2D eigenvalue weighted by molar-refractivity contribution is -0.127. The Kier molecular flexibility index (Phi) is 5.81. The highest BCUT2D eigenvalue weighted by Gasteiger charge is 2.33. The van der Waals surface area contributed by atoms with Gasteiger partial charge in [0.2, 0.25) is 15.9 Å². The van der Waals surface area contributed by atoms with Crippen LogP contribution in [0.2, 0.25) is 5.02 Å². The van der Waals surface area contributed by atoms with E-state index in [4.69, 9.17) is 16.3 Å². The molecule has 1 N–H and O–H groups in total. The number of halogens is 1. The molecule has 2 aliphatic heterocycles. The van der Waals surface area contributed by atoms with Gasteiger partial charge in [0.1, 0.15) is 5.75 Å². The van der Waals surface area contributed by atoms with Gasteiger partial charge in [-0.25, -0.2) is 8.42 Å². The van der Waals surface area contributed by atoms with Crippen molar-refractivity contribution in [1.82, 2.24) is 9.62 Å². The van der Waals surface area contributed by atoms with Crippen molar-refractivity contribution in [3.05, 3.63) is 59.1 Å². The van der Waals surface area contributed by atoms with E-state index >= 15 is 0 Å². The highest BCUT2D eigenvalue weighted by molar-refractivity contribution is 7.89. The minimum Gasteiger partial charge on any atom is -0.493 e. The minimum atomic E-state index is -3.57. The van der Waals surface area contributed by atoms with Crippen molar-refractivity contribution in [1.29, 1.82) is 0 Å². The van der Waals surface area contributed by atoms with Crippen LogP contribution in [0.3, 0.4) is 0 Å². The van der Waals surface area contributed by atoms with Gasteiger partial charge >= 0.3 is 0 Å². The molecule has 0 aromatic heterocycles. The maximum Gasteiger partial charge on any atom is 0.243 e. The molecule has 1 saturated heterocycles. The molecule has 1 amide bonds. The third-order valence-corrected chi connectivity index (χ3v) is 7.72. The summed E-state index contributed by atoms with van der Waals surface area (Å²) in [6.45, 7) is 1.22. The van der Waals surface area contributed by atoms with Crippen LogP contribution in [0.5, 0.6) is 5.75 Å². The fraction of sp³-hybridized carbons (Fsp3) is 0.381. The molecule has 0 saturated carbocycles. The summed E-state index contributed by atoms with van der Waals surface area (Å²) in [5.74, 6) is 0.602. The molecule has 1 unspecified atom stereocenters. The van der Waals surface area contributed by atoms with E-state index < -0.39 is 10.0 Å². The van der Waals surface area contributed by atoms with Gasteiger partial charge < -0.3 is 10.1 Å². The van der Waals surface area contributed by atoms with E-state index in [0.717, 1.165) is 17.7 Å². The molecule has 2 aromatic carbocycles. The smallest absolute Gasteiger partial charge is 0.243 e. The van der Waals surface area contributed by atoms with Crippen molar-refractivity contribution in [2.24, 2.45) is 5.92 Å². The lowest BCUT2D eigenvalue weighted by Crippen LogP contribution is -2.44. The van der Waals surface area contributed by atoms with Gasteiger partial charge in [-0.15, -0.1) is 0 Å². The Balaban J connectivity index is 1.37. The predicted octanol–water partition coefficient (Wildman–Crippen LogP) is 3.38. The number of fused-ring (bicyclic) bond motifs is 1. The van der Waals surface area contributed by atoms with Crippen molar-refractivity contribution in [3.63, 3.8) is 0 Å². The SMILES string of the molecule is O=C(NC1CCOc2ccccc21)C1CCN(S(=O)(=O)c2ccc(Cl)cc2)CC1. The first-order valence-corrected chi connectivity index (χ1v) is 11.5. The average molecular weight is 435 g/mol. The first-order chi connectivity index (χ1) is 13.9. The normalized spacial score (nSPS) is 20.5. The Morgan fingerprint density at radius 2 is 1.72 bits per heavy atom. The molecule has 1 atom stereocenters. The topological polar surface area (TPSA) is 75.7 Å². The fourth-order valence-electron chi connectivity index (χ4n) is 3.90. The molecule has 0 bridgehead atoms. The number of piperidine rings is 1. The van der Waals surface area contributed by atoms with Crippen molar-refractivity contribution >= 4 is 27.5 Å². The van der Waals surface area contributed by atoms with Crippen LogP contribution in [0.4, 0.5) is 0 Å². The first kappa shape index (κ1) is 20.2. The third kappa shape index (κ3) is 4.27. The van der Waals surface area contributed by atoms with Crippen molar-refractivity contribution in [2.45, 2.75) is 30.2 Å². The molecule has 2 aliphatic rings. The van der Waals surface area contributed by atoms with Crippen molar-refractivity contribution in [2.75, 3.05) is 19.7 Å². The Bertz CT molecular complexity index is 986. The summed E-state index contributed by atoms with van der Waals surface area (Å²) in [7, 11) is -3.57. The summed E-state index contributed by atoms with van der Waals surface area (Å²) in [6, 6.07) is 13.8. The second-order valence-corrected chi connectivity index (χ2v) is 9.74. The van der Waals surface area contributed by atoms with E-state index in [9.17, 15) is 13.2 Å². The van der Waals surface area contributed by atoms with E-state index in [1.54, 1.807) is 12.1 Å². The maximum absolute atomic E-state index is 12.8. The number of amides is 1. The zero-order chi connectivity index (χ0) is 20.4. The summed E-state index contributed by atoms with van der Waals surface area (Å²) >= 11 is 5.85. The first-order valence-electron chi connectivity index (χ1n) is 9.73. The van der Waals surface area contributed by atoms with E-state index in [1.165, 1.54) is 16.4 Å². The molecule has 0 spiro atoms. The number of para-hydroxylation sites is 1. The van der Waals surface area contributed by atoms with Crippen LogP contribution in [-0.2, 0) is 14.8 Å². The van der Waals surface area contributed by atoms with Gasteiger partial charge in [0.05, 0.1) is 17.5 Å². The number of rotatable bonds is 4. The van der Waals surface area contributed by atoms with Crippen LogP contribution in [0, 0.1) is 5.92 Å². The number of benzene rings is 2. The zero-order valence-electron chi connectivity index (χ0n) is 15.9. The van der Waals surface area contributed by atoms with E-state index in [0.29, 0.717) is 37.6 Å². The number of carbonyl (C=O) groups excluding carboxylic acids is 1. The average Bonchev–Trinajstić information content (AvgIpc) is 2.74. The van der Waals surface area contributed by atoms with Gasteiger partial charge in [-0.2, -0.15) is 4.31 Å². The maximum atomic E-state index is 12.8. The number of carbonyl (C=O) groups is 1. The molecule has 8 heteroatoms. The highest BCUT2D eigenvalue weighted by Crippen LogP contribution is 2.32. The van der Waals surface area contributed by atoms with Gasteiger partial charge in [-0.1, -0.05) is 29.8 Å². The van der Waals surface area contributed by atoms with E-state index in [1.807, 2.05) is 24.3 Å². The van der Waals surface area contributed by atoms with Gasteiger partial charge in [0.25, 0.3) is 0 Å². The number of hydrogen-bond donors (Lipinski definition) is 1. The molecule has 0 aliphatic carbocycles. The van der Waals surface area contributed by atoms with Crippen molar-refractivity contribution < 1.29 is 17.9 Å². The van der Waals surface area contributed by atoms with Gasteiger partial charge in [-0.3, -0.25) is 4.79 Å². The summed E-state index contributed by atoms with van der Waals surface area (Å²) in [6.07, 6.45) is 1.74. The second kappa shape index (κ2) is 8.34. The van der Waals surface area contributed by atoms with Gasteiger partial charge in [0, 0.05) is 36.0 Å². The van der Waals surface area contributed by atoms with Gasteiger partial charge in [-0.05, 0) is 43.2 Å². The largest absolute Gasteiger partial charge is 0.493 e. The number of nitrogens with one attached hydrogen (secondary N) is 1. The predicted molar refractivity (Wildman–Crippen MR) is 110 cm³/mol. The van der Waals surface area contributed by atoms with E-state index in [-0.39, 0.29) is 22.8 Å². The molecule has 0 radical (unpaired) electrons. The van der Waals surface area contributed by atoms with Crippen LogP contribution in [0.15, 0.2) is 53.4 Å². The molecule has 2 heterocycles. The summed E-state index contributed by atoms with van der Waals surface area (Å²) in [4.78, 5) is 13.0. The van der Waals surface area contributed by atoms with E-state index in [2.05, 4.69) is 5.32 Å². The molecule has 29 heavy (non-hydrogen) atoms. The number of ether oxygens (including phenoxy) is 1. The molecule has 154 valence electrons. The van der Waals surface area contributed by atoms with Crippen LogP contribution < -0.4 is 10.1 Å². The number of hydrogen-bond acceptors (Lipinski definition) is 4. The fourth-order valence-corrected chi connectivity index (χ4v) is 5.49. The quantitative estimate of drug-likeness (QED) is 0.800. The Hall–Kier alpha value is -2.09. The minimum absolute atomic E-state index is 0.0183. The lowest BCUT2D eigenvalue weighted by atomic mass is 9.95. The van der Waals surface area contributed by atoms with Crippen LogP contribution >= 0.6 is 11.6 Å². The Morgan fingerprint density at radius 3 is 2.45 bits per heavy atom. The number of sulfonamides is 1. The Morgan fingerprint density at radius 1 is 1.03 bits per heavy atom. The third-order valence-electron chi connectivity index (χ3n) is 5.55. The summed E-state index contributed by atoms with van der Waals surface area (Å²) < 4.78 is 32.7. The molecular formula is C21H23ClN2O4S.